The Morgan fingerprint density at radius 2 is 2.17 bits per heavy atom. The highest BCUT2D eigenvalue weighted by Crippen LogP contribution is 2.51. The summed E-state index contributed by atoms with van der Waals surface area (Å²) in [6.07, 6.45) is 1.43. The third-order valence-electron chi connectivity index (χ3n) is 5.10. The molecule has 2 N–H and O–H groups in total. The van der Waals surface area contributed by atoms with Crippen LogP contribution < -0.4 is 10.6 Å². The van der Waals surface area contributed by atoms with Crippen LogP contribution in [0.15, 0.2) is 18.2 Å². The van der Waals surface area contributed by atoms with Crippen molar-refractivity contribution < 1.29 is 18.3 Å². The lowest BCUT2D eigenvalue weighted by atomic mass is 9.57. The van der Waals surface area contributed by atoms with Crippen molar-refractivity contribution in [1.29, 1.82) is 0 Å². The minimum Gasteiger partial charge on any atom is -0.377 e. The van der Waals surface area contributed by atoms with Crippen molar-refractivity contribution in [2.75, 3.05) is 13.2 Å². The summed E-state index contributed by atoms with van der Waals surface area (Å²) in [5, 5.41) is 5.71. The molecule has 1 aromatic carbocycles. The van der Waals surface area contributed by atoms with E-state index in [2.05, 4.69) is 24.5 Å². The summed E-state index contributed by atoms with van der Waals surface area (Å²) in [7, 11) is 0. The number of hydrogen-bond acceptors (Lipinski definition) is 2. The molecule has 1 saturated carbocycles. The molecule has 0 radical (unpaired) electrons. The van der Waals surface area contributed by atoms with E-state index >= 15 is 0 Å². The number of urea groups is 1. The Hall–Kier alpha value is -1.69. The minimum atomic E-state index is -0.865. The smallest absolute Gasteiger partial charge is 0.315 e. The lowest BCUT2D eigenvalue weighted by molar-refractivity contribution is -0.108. The lowest BCUT2D eigenvalue weighted by Crippen LogP contribution is -2.67. The van der Waals surface area contributed by atoms with Gasteiger partial charge in [0.05, 0.1) is 6.10 Å². The normalized spacial score (nSPS) is 27.9. The molecule has 0 aromatic heterocycles. The topological polar surface area (TPSA) is 50.4 Å². The fourth-order valence-electron chi connectivity index (χ4n) is 3.86. The van der Waals surface area contributed by atoms with Crippen molar-refractivity contribution in [2.24, 2.45) is 11.3 Å². The van der Waals surface area contributed by atoms with E-state index in [4.69, 9.17) is 4.74 Å². The first kappa shape index (κ1) is 16.2. The second-order valence-corrected chi connectivity index (χ2v) is 6.91. The molecule has 0 bridgehead atoms. The first-order valence-electron chi connectivity index (χ1n) is 8.00. The van der Waals surface area contributed by atoms with Crippen LogP contribution in [0.1, 0.15) is 25.8 Å². The number of rotatable bonds is 4. The third kappa shape index (κ3) is 2.92. The first-order chi connectivity index (χ1) is 10.9. The maximum absolute atomic E-state index is 13.5. The summed E-state index contributed by atoms with van der Waals surface area (Å²) >= 11 is 0. The zero-order valence-electron chi connectivity index (χ0n) is 13.4. The van der Waals surface area contributed by atoms with E-state index in [0.29, 0.717) is 5.92 Å². The number of amides is 2. The molecular weight excluding hydrogens is 302 g/mol. The van der Waals surface area contributed by atoms with Crippen LogP contribution in [0.25, 0.3) is 0 Å². The van der Waals surface area contributed by atoms with Gasteiger partial charge in [-0.2, -0.15) is 0 Å². The van der Waals surface area contributed by atoms with Crippen LogP contribution >= 0.6 is 0 Å². The fourth-order valence-corrected chi connectivity index (χ4v) is 3.86. The Labute approximate surface area is 134 Å². The number of ether oxygens (including phenoxy) is 1. The van der Waals surface area contributed by atoms with Gasteiger partial charge in [-0.15, -0.1) is 0 Å². The quantitative estimate of drug-likeness (QED) is 0.894. The standard InChI is InChI=1S/C17H22F2N2O2/c1-17(2)14(11-7-9-23-15(11)17)21-16(22)20-8-6-10-4-3-5-12(18)13(10)19/h3-5,11,14-15H,6-9H2,1-2H3,(H2,20,21,22)/t11-,14-,15+/m1/s1. The Kier molecular flexibility index (Phi) is 4.27. The lowest BCUT2D eigenvalue weighted by Gasteiger charge is -2.54. The van der Waals surface area contributed by atoms with Crippen LogP contribution in [0, 0.1) is 23.0 Å². The van der Waals surface area contributed by atoms with Gasteiger partial charge in [0.1, 0.15) is 0 Å². The van der Waals surface area contributed by atoms with Crippen LogP contribution in [0.2, 0.25) is 0 Å². The summed E-state index contributed by atoms with van der Waals surface area (Å²) < 4.78 is 32.3. The number of nitrogens with one attached hydrogen (secondary N) is 2. The zero-order valence-corrected chi connectivity index (χ0v) is 13.4. The van der Waals surface area contributed by atoms with Crippen molar-refractivity contribution in [3.8, 4) is 0 Å². The van der Waals surface area contributed by atoms with Gasteiger partial charge in [0.25, 0.3) is 0 Å². The molecule has 3 rings (SSSR count). The molecular formula is C17H22F2N2O2. The molecule has 4 nitrogen and oxygen atoms in total. The molecule has 1 heterocycles. The van der Waals surface area contributed by atoms with Crippen molar-refractivity contribution in [2.45, 2.75) is 38.8 Å². The number of halogens is 2. The van der Waals surface area contributed by atoms with Gasteiger partial charge in [0, 0.05) is 30.5 Å². The molecule has 0 unspecified atom stereocenters. The van der Waals surface area contributed by atoms with E-state index in [1.165, 1.54) is 12.1 Å². The van der Waals surface area contributed by atoms with E-state index in [9.17, 15) is 13.6 Å². The monoisotopic (exact) mass is 324 g/mol. The van der Waals surface area contributed by atoms with Crippen LogP contribution in [0.5, 0.6) is 0 Å². The van der Waals surface area contributed by atoms with Crippen LogP contribution in [-0.4, -0.2) is 31.3 Å². The number of carbonyl (C=O) groups is 1. The first-order valence-corrected chi connectivity index (χ1v) is 8.00. The SMILES string of the molecule is CC1(C)[C@H](NC(=O)NCCc2cccc(F)c2F)[C@H]2CCO[C@@H]21. The van der Waals surface area contributed by atoms with Gasteiger partial charge in [-0.3, -0.25) is 0 Å². The molecule has 2 amide bonds. The fraction of sp³-hybridized carbons (Fsp3) is 0.588. The number of fused-ring (bicyclic) bond motifs is 1. The molecule has 6 heteroatoms. The second-order valence-electron chi connectivity index (χ2n) is 6.91. The molecule has 1 aromatic rings. The van der Waals surface area contributed by atoms with Gasteiger partial charge in [-0.25, -0.2) is 13.6 Å². The molecule has 1 aliphatic carbocycles. The highest BCUT2D eigenvalue weighted by Gasteiger charge is 2.59. The Morgan fingerprint density at radius 3 is 2.96 bits per heavy atom. The average Bonchev–Trinajstić information content (AvgIpc) is 2.96. The summed E-state index contributed by atoms with van der Waals surface area (Å²) in [4.78, 5) is 12.0. The molecule has 1 saturated heterocycles. The average molecular weight is 324 g/mol. The number of benzene rings is 1. The molecule has 1 aliphatic heterocycles. The van der Waals surface area contributed by atoms with Gasteiger partial charge in [-0.05, 0) is 24.5 Å². The largest absolute Gasteiger partial charge is 0.377 e. The van der Waals surface area contributed by atoms with Gasteiger partial charge in [0.15, 0.2) is 11.6 Å². The third-order valence-corrected chi connectivity index (χ3v) is 5.10. The summed E-state index contributed by atoms with van der Waals surface area (Å²) in [6.45, 7) is 5.18. The van der Waals surface area contributed by atoms with E-state index in [1.54, 1.807) is 0 Å². The predicted molar refractivity (Wildman–Crippen MR) is 82.0 cm³/mol. The Balaban J connectivity index is 1.48. The Morgan fingerprint density at radius 1 is 1.39 bits per heavy atom. The number of hydrogen-bond donors (Lipinski definition) is 2. The van der Waals surface area contributed by atoms with Crippen molar-refractivity contribution in [3.63, 3.8) is 0 Å². The molecule has 23 heavy (non-hydrogen) atoms. The molecule has 2 aliphatic rings. The number of carbonyl (C=O) groups excluding carboxylic acids is 1. The van der Waals surface area contributed by atoms with Gasteiger partial charge in [0.2, 0.25) is 0 Å². The highest BCUT2D eigenvalue weighted by molar-refractivity contribution is 5.74. The van der Waals surface area contributed by atoms with E-state index < -0.39 is 11.6 Å². The van der Waals surface area contributed by atoms with Crippen molar-refractivity contribution >= 4 is 6.03 Å². The van der Waals surface area contributed by atoms with Crippen LogP contribution in [-0.2, 0) is 11.2 Å². The summed E-state index contributed by atoms with van der Waals surface area (Å²) in [6, 6.07) is 3.88. The van der Waals surface area contributed by atoms with Crippen molar-refractivity contribution in [3.05, 3.63) is 35.4 Å². The minimum absolute atomic E-state index is 0.0762. The van der Waals surface area contributed by atoms with Crippen LogP contribution in [0.4, 0.5) is 13.6 Å². The van der Waals surface area contributed by atoms with E-state index in [1.807, 2.05) is 0 Å². The Bertz CT molecular complexity index is 606. The van der Waals surface area contributed by atoms with E-state index in [-0.39, 0.29) is 42.1 Å². The molecule has 2 fully saturated rings. The second kappa shape index (κ2) is 6.07. The molecule has 126 valence electrons. The zero-order chi connectivity index (χ0) is 16.6. The van der Waals surface area contributed by atoms with E-state index in [0.717, 1.165) is 19.1 Å². The maximum atomic E-state index is 13.5. The maximum Gasteiger partial charge on any atom is 0.315 e. The molecule has 3 atom stereocenters. The van der Waals surface area contributed by atoms with Gasteiger partial charge < -0.3 is 15.4 Å². The predicted octanol–water partition coefficient (Wildman–Crippen LogP) is 2.62. The van der Waals surface area contributed by atoms with Gasteiger partial charge in [-0.1, -0.05) is 26.0 Å². The van der Waals surface area contributed by atoms with Crippen molar-refractivity contribution in [1.82, 2.24) is 10.6 Å². The molecule has 0 spiro atoms. The summed E-state index contributed by atoms with van der Waals surface area (Å²) in [5.74, 6) is -1.34. The van der Waals surface area contributed by atoms with Crippen LogP contribution in [0.3, 0.4) is 0 Å². The summed E-state index contributed by atoms with van der Waals surface area (Å²) in [5.41, 5.74) is 0.186. The van der Waals surface area contributed by atoms with Gasteiger partial charge >= 0.3 is 6.03 Å². The highest BCUT2D eigenvalue weighted by atomic mass is 19.2.